The molecule has 0 bridgehead atoms. The smallest absolute Gasteiger partial charge is 0.475 e. The summed E-state index contributed by atoms with van der Waals surface area (Å²) >= 11 is 0. The number of halogens is 7. The van der Waals surface area contributed by atoms with Crippen LogP contribution >= 0.6 is 0 Å². The van der Waals surface area contributed by atoms with Crippen LogP contribution < -0.4 is 4.90 Å². The SMILES string of the molecule is Fc1cnc(N2CCC3(CC2)COCCN(Cc2cccnc2)C3)nc1.O=C(O)C(F)(F)F.O=C(O)C(F)(F)F. The van der Waals surface area contributed by atoms with Crippen LogP contribution in [0.1, 0.15) is 18.4 Å². The Morgan fingerprint density at radius 1 is 0.950 bits per heavy atom. The Morgan fingerprint density at radius 2 is 1.50 bits per heavy atom. The molecule has 2 aliphatic heterocycles. The Morgan fingerprint density at radius 3 is 1.98 bits per heavy atom. The van der Waals surface area contributed by atoms with E-state index >= 15 is 0 Å². The first-order chi connectivity index (χ1) is 18.6. The van der Waals surface area contributed by atoms with Gasteiger partial charge in [0.05, 0.1) is 25.6 Å². The van der Waals surface area contributed by atoms with Gasteiger partial charge >= 0.3 is 24.3 Å². The van der Waals surface area contributed by atoms with Crippen molar-refractivity contribution in [2.45, 2.75) is 31.7 Å². The largest absolute Gasteiger partial charge is 0.490 e. The lowest BCUT2D eigenvalue weighted by molar-refractivity contribution is -0.193. The minimum atomic E-state index is -5.08. The molecule has 17 heteroatoms. The van der Waals surface area contributed by atoms with Gasteiger partial charge in [0.15, 0.2) is 5.82 Å². The van der Waals surface area contributed by atoms with E-state index in [1.165, 1.54) is 18.0 Å². The van der Waals surface area contributed by atoms with E-state index in [0.717, 1.165) is 58.8 Å². The molecule has 2 fully saturated rings. The van der Waals surface area contributed by atoms with Gasteiger partial charge in [-0.15, -0.1) is 0 Å². The summed E-state index contributed by atoms with van der Waals surface area (Å²) in [6, 6.07) is 4.11. The predicted octanol–water partition coefficient (Wildman–Crippen LogP) is 3.40. The monoisotopic (exact) mass is 585 g/mol. The standard InChI is InChI=1S/C19H24FN5O.2C2HF3O2/c20-17-11-22-18(23-12-17)25-6-3-19(4-7-25)14-24(8-9-26-15-19)13-16-2-1-5-21-10-16;2*3-2(4,5)1(6)7/h1-2,5,10-12H,3-4,6-9,13-15H2;2*(H,6,7). The van der Waals surface area contributed by atoms with E-state index in [2.05, 4.69) is 30.8 Å². The summed E-state index contributed by atoms with van der Waals surface area (Å²) in [7, 11) is 0. The number of ether oxygens (including phenoxy) is 1. The first-order valence-corrected chi connectivity index (χ1v) is 11.6. The Balaban J connectivity index is 0.000000333. The molecule has 40 heavy (non-hydrogen) atoms. The number of hydrogen-bond acceptors (Lipinski definition) is 8. The molecule has 0 aromatic carbocycles. The van der Waals surface area contributed by atoms with Gasteiger partial charge in [0, 0.05) is 50.5 Å². The second kappa shape index (κ2) is 14.2. The number of carboxylic acid groups (broad SMARTS) is 2. The molecule has 0 saturated carbocycles. The fraction of sp³-hybridized carbons (Fsp3) is 0.522. The van der Waals surface area contributed by atoms with Crippen LogP contribution in [0.2, 0.25) is 0 Å². The third kappa shape index (κ3) is 10.9. The molecule has 0 amide bonds. The van der Waals surface area contributed by atoms with Crippen LogP contribution in [-0.4, -0.2) is 93.7 Å². The van der Waals surface area contributed by atoms with Gasteiger partial charge in [0.1, 0.15) is 0 Å². The van der Waals surface area contributed by atoms with Crippen LogP contribution in [0.4, 0.5) is 36.7 Å². The third-order valence-corrected chi connectivity index (χ3v) is 5.85. The van der Waals surface area contributed by atoms with E-state index in [4.69, 9.17) is 24.5 Å². The van der Waals surface area contributed by atoms with E-state index in [1.807, 2.05) is 18.5 Å². The van der Waals surface area contributed by atoms with Crippen molar-refractivity contribution in [2.75, 3.05) is 44.3 Å². The maximum atomic E-state index is 13.0. The molecule has 0 aliphatic carbocycles. The van der Waals surface area contributed by atoms with E-state index in [9.17, 15) is 30.7 Å². The van der Waals surface area contributed by atoms with Gasteiger partial charge in [-0.1, -0.05) is 6.07 Å². The Labute approximate surface area is 223 Å². The summed E-state index contributed by atoms with van der Waals surface area (Å²) in [6.07, 6.45) is -1.90. The number of hydrogen-bond donors (Lipinski definition) is 2. The third-order valence-electron chi connectivity index (χ3n) is 5.85. The van der Waals surface area contributed by atoms with Crippen LogP contribution in [0.5, 0.6) is 0 Å². The molecule has 2 saturated heterocycles. The highest BCUT2D eigenvalue weighted by Crippen LogP contribution is 2.35. The number of anilines is 1. The number of rotatable bonds is 3. The van der Waals surface area contributed by atoms with Crippen molar-refractivity contribution < 1.29 is 55.3 Å². The normalized spacial score (nSPS) is 17.5. The highest BCUT2D eigenvalue weighted by atomic mass is 19.4. The number of carboxylic acids is 2. The van der Waals surface area contributed by atoms with Gasteiger partial charge in [-0.2, -0.15) is 26.3 Å². The van der Waals surface area contributed by atoms with E-state index < -0.39 is 30.1 Å². The average Bonchev–Trinajstić information content (AvgIpc) is 3.07. The molecule has 2 N–H and O–H groups in total. The molecule has 2 aromatic heterocycles. The van der Waals surface area contributed by atoms with Crippen LogP contribution in [-0.2, 0) is 20.9 Å². The van der Waals surface area contributed by atoms with Crippen LogP contribution in [0.3, 0.4) is 0 Å². The zero-order chi connectivity index (χ0) is 30.0. The van der Waals surface area contributed by atoms with Crippen molar-refractivity contribution in [2.24, 2.45) is 5.41 Å². The summed E-state index contributed by atoms with van der Waals surface area (Å²) < 4.78 is 82.5. The zero-order valence-corrected chi connectivity index (χ0v) is 20.8. The molecule has 2 aromatic rings. The maximum absolute atomic E-state index is 13.0. The summed E-state index contributed by atoms with van der Waals surface area (Å²) in [5.41, 5.74) is 1.40. The topological polar surface area (TPSA) is 129 Å². The Bertz CT molecular complexity index is 1060. The molecule has 0 radical (unpaired) electrons. The van der Waals surface area contributed by atoms with Crippen molar-refractivity contribution >= 4 is 17.9 Å². The number of carbonyl (C=O) groups is 2. The van der Waals surface area contributed by atoms with Gasteiger partial charge in [0.25, 0.3) is 0 Å². The zero-order valence-electron chi connectivity index (χ0n) is 20.8. The summed E-state index contributed by atoms with van der Waals surface area (Å²) in [4.78, 5) is 34.9. The maximum Gasteiger partial charge on any atom is 0.490 e. The van der Waals surface area contributed by atoms with Crippen LogP contribution in [0.25, 0.3) is 0 Å². The molecule has 222 valence electrons. The van der Waals surface area contributed by atoms with Gasteiger partial charge in [-0.05, 0) is 24.5 Å². The lowest BCUT2D eigenvalue weighted by atomic mass is 9.78. The van der Waals surface area contributed by atoms with Gasteiger partial charge in [-0.3, -0.25) is 9.88 Å². The van der Waals surface area contributed by atoms with Crippen LogP contribution in [0, 0.1) is 11.2 Å². The molecule has 10 nitrogen and oxygen atoms in total. The fourth-order valence-corrected chi connectivity index (χ4v) is 3.92. The van der Waals surface area contributed by atoms with Gasteiger partial charge in [-0.25, -0.2) is 23.9 Å². The van der Waals surface area contributed by atoms with Crippen molar-refractivity contribution in [1.29, 1.82) is 0 Å². The van der Waals surface area contributed by atoms with Crippen LogP contribution in [0.15, 0.2) is 36.9 Å². The van der Waals surface area contributed by atoms with Gasteiger partial charge < -0.3 is 19.8 Å². The van der Waals surface area contributed by atoms with E-state index in [0.29, 0.717) is 5.95 Å². The highest BCUT2D eigenvalue weighted by molar-refractivity contribution is 5.73. The highest BCUT2D eigenvalue weighted by Gasteiger charge is 2.39. The number of alkyl halides is 6. The second-order valence-electron chi connectivity index (χ2n) is 8.92. The molecule has 2 aliphatic rings. The first kappa shape index (κ1) is 32.6. The summed E-state index contributed by atoms with van der Waals surface area (Å²) in [6.45, 7) is 6.19. The summed E-state index contributed by atoms with van der Waals surface area (Å²) in [5, 5.41) is 14.2. The average molecular weight is 585 g/mol. The minimum absolute atomic E-state index is 0.162. The number of aromatic nitrogens is 3. The first-order valence-electron chi connectivity index (χ1n) is 11.6. The lowest BCUT2D eigenvalue weighted by Crippen LogP contribution is -2.47. The number of piperidine rings is 1. The predicted molar refractivity (Wildman–Crippen MR) is 124 cm³/mol. The number of aliphatic carboxylic acids is 2. The molecule has 4 heterocycles. The molecule has 1 spiro atoms. The molecule has 4 rings (SSSR count). The number of pyridine rings is 1. The summed E-state index contributed by atoms with van der Waals surface area (Å²) in [5.74, 6) is -5.30. The van der Waals surface area contributed by atoms with Gasteiger partial charge in [0.2, 0.25) is 5.95 Å². The van der Waals surface area contributed by atoms with Crippen molar-refractivity contribution in [3.05, 3.63) is 48.3 Å². The number of nitrogens with zero attached hydrogens (tertiary/aromatic N) is 5. The molecule has 0 unspecified atom stereocenters. The Kier molecular flexibility index (Phi) is 11.5. The fourth-order valence-electron chi connectivity index (χ4n) is 3.92. The molecule has 0 atom stereocenters. The molecular weight excluding hydrogens is 559 g/mol. The Hall–Kier alpha value is -3.60. The molecular formula is C23H26F7N5O5. The minimum Gasteiger partial charge on any atom is -0.475 e. The van der Waals surface area contributed by atoms with Crippen molar-refractivity contribution in [1.82, 2.24) is 19.9 Å². The lowest BCUT2D eigenvalue weighted by Gasteiger charge is -2.42. The van der Waals surface area contributed by atoms with E-state index in [1.54, 1.807) is 0 Å². The quantitative estimate of drug-likeness (QED) is 0.518. The second-order valence-corrected chi connectivity index (χ2v) is 8.92. The van der Waals surface area contributed by atoms with Crippen molar-refractivity contribution in [3.63, 3.8) is 0 Å². The van der Waals surface area contributed by atoms with Crippen molar-refractivity contribution in [3.8, 4) is 0 Å². The van der Waals surface area contributed by atoms with E-state index in [-0.39, 0.29) is 5.41 Å².